The van der Waals surface area contributed by atoms with Crippen LogP contribution in [0.15, 0.2) is 0 Å². The van der Waals surface area contributed by atoms with Crippen LogP contribution in [0.25, 0.3) is 0 Å². The second kappa shape index (κ2) is 3.84. The summed E-state index contributed by atoms with van der Waals surface area (Å²) in [4.78, 5) is 0. The number of hydrogen-bond donors (Lipinski definition) is 1. The van der Waals surface area contributed by atoms with Crippen molar-refractivity contribution in [3.8, 4) is 0 Å². The van der Waals surface area contributed by atoms with Gasteiger partial charge < -0.3 is 5.32 Å². The summed E-state index contributed by atoms with van der Waals surface area (Å²) in [7, 11) is 0. The molecule has 0 spiro atoms. The van der Waals surface area contributed by atoms with Crippen molar-refractivity contribution < 1.29 is 0 Å². The fraction of sp³-hybridized carbons (Fsp3) is 1.00. The molecule has 4 atom stereocenters. The van der Waals surface area contributed by atoms with Gasteiger partial charge in [-0.2, -0.15) is 0 Å². The molecular weight excluding hydrogens is 170 g/mol. The molecule has 4 unspecified atom stereocenters. The summed E-state index contributed by atoms with van der Waals surface area (Å²) in [6, 6.07) is 1.69. The highest BCUT2D eigenvalue weighted by Crippen LogP contribution is 2.45. The van der Waals surface area contributed by atoms with Gasteiger partial charge in [0, 0.05) is 12.1 Å². The zero-order valence-electron chi connectivity index (χ0n) is 9.97. The molecule has 14 heavy (non-hydrogen) atoms. The van der Waals surface area contributed by atoms with Crippen molar-refractivity contribution in [3.63, 3.8) is 0 Å². The van der Waals surface area contributed by atoms with Gasteiger partial charge in [0.25, 0.3) is 0 Å². The lowest BCUT2D eigenvalue weighted by Gasteiger charge is -2.40. The van der Waals surface area contributed by atoms with E-state index < -0.39 is 0 Å². The summed E-state index contributed by atoms with van der Waals surface area (Å²) in [5, 5.41) is 3.87. The van der Waals surface area contributed by atoms with Crippen LogP contribution in [0, 0.1) is 11.3 Å². The Bertz CT molecular complexity index is 201. The summed E-state index contributed by atoms with van der Waals surface area (Å²) in [6.07, 6.45) is 8.45. The maximum absolute atomic E-state index is 3.87. The Morgan fingerprint density at radius 1 is 1.29 bits per heavy atom. The van der Waals surface area contributed by atoms with Crippen molar-refractivity contribution in [1.29, 1.82) is 0 Å². The van der Waals surface area contributed by atoms with Crippen LogP contribution in [0.1, 0.15) is 59.3 Å². The molecule has 1 N–H and O–H groups in total. The number of hydrogen-bond acceptors (Lipinski definition) is 1. The van der Waals surface area contributed by atoms with Gasteiger partial charge in [-0.3, -0.25) is 0 Å². The largest absolute Gasteiger partial charge is 0.310 e. The van der Waals surface area contributed by atoms with Crippen LogP contribution >= 0.6 is 0 Å². The van der Waals surface area contributed by atoms with E-state index in [9.17, 15) is 0 Å². The Morgan fingerprint density at radius 2 is 2.07 bits per heavy atom. The van der Waals surface area contributed by atoms with E-state index in [2.05, 4.69) is 26.1 Å². The molecule has 1 saturated heterocycles. The minimum atomic E-state index is 0.564. The van der Waals surface area contributed by atoms with Gasteiger partial charge in [-0.1, -0.05) is 27.2 Å². The molecule has 1 nitrogen and oxygen atoms in total. The Balaban J connectivity index is 2.05. The first-order valence-electron chi connectivity index (χ1n) is 6.45. The van der Waals surface area contributed by atoms with Crippen molar-refractivity contribution in [3.05, 3.63) is 0 Å². The van der Waals surface area contributed by atoms with E-state index in [0.29, 0.717) is 5.41 Å². The van der Waals surface area contributed by atoms with Crippen molar-refractivity contribution in [2.75, 3.05) is 0 Å². The van der Waals surface area contributed by atoms with Gasteiger partial charge in [-0.25, -0.2) is 0 Å². The van der Waals surface area contributed by atoms with Gasteiger partial charge in [0.2, 0.25) is 0 Å². The lowest BCUT2D eigenvalue weighted by Crippen LogP contribution is -2.47. The molecule has 0 aromatic heterocycles. The van der Waals surface area contributed by atoms with Crippen LogP contribution in [-0.2, 0) is 0 Å². The van der Waals surface area contributed by atoms with Crippen LogP contribution in [0.2, 0.25) is 0 Å². The minimum Gasteiger partial charge on any atom is -0.310 e. The molecule has 1 aliphatic carbocycles. The summed E-state index contributed by atoms with van der Waals surface area (Å²) in [5.74, 6) is 0.997. The van der Waals surface area contributed by atoms with E-state index in [0.717, 1.165) is 18.0 Å². The van der Waals surface area contributed by atoms with Gasteiger partial charge in [-0.15, -0.1) is 0 Å². The van der Waals surface area contributed by atoms with Gasteiger partial charge in [0.1, 0.15) is 0 Å². The second-order valence-electron chi connectivity index (χ2n) is 5.67. The lowest BCUT2D eigenvalue weighted by atomic mass is 9.71. The smallest absolute Gasteiger partial charge is 0.0152 e. The maximum Gasteiger partial charge on any atom is 0.0152 e. The molecule has 2 rings (SSSR count). The Hall–Kier alpha value is -0.0400. The zero-order chi connectivity index (χ0) is 10.2. The van der Waals surface area contributed by atoms with E-state index >= 15 is 0 Å². The van der Waals surface area contributed by atoms with Crippen LogP contribution in [0.5, 0.6) is 0 Å². The first-order chi connectivity index (χ1) is 6.69. The fourth-order valence-corrected chi connectivity index (χ4v) is 3.75. The second-order valence-corrected chi connectivity index (χ2v) is 5.67. The normalized spacial score (nSPS) is 40.1. The Kier molecular flexibility index (Phi) is 2.88. The van der Waals surface area contributed by atoms with Gasteiger partial charge >= 0.3 is 0 Å². The maximum atomic E-state index is 3.87. The molecule has 82 valence electrons. The molecule has 0 aromatic carbocycles. The molecular formula is C13H25N. The predicted molar refractivity (Wildman–Crippen MR) is 61.4 cm³/mol. The molecule has 0 aromatic rings. The van der Waals surface area contributed by atoms with Gasteiger partial charge in [0.15, 0.2) is 0 Å². The van der Waals surface area contributed by atoms with Crippen LogP contribution in [0.4, 0.5) is 0 Å². The molecule has 2 bridgehead atoms. The number of piperidine rings is 1. The number of rotatable bonds is 4. The third kappa shape index (κ3) is 1.60. The Morgan fingerprint density at radius 3 is 2.50 bits per heavy atom. The average molecular weight is 195 g/mol. The monoisotopic (exact) mass is 195 g/mol. The molecule has 1 heteroatoms. The summed E-state index contributed by atoms with van der Waals surface area (Å²) in [5.41, 5.74) is 0.564. The van der Waals surface area contributed by atoms with Crippen LogP contribution in [0.3, 0.4) is 0 Å². The van der Waals surface area contributed by atoms with Crippen LogP contribution < -0.4 is 5.32 Å². The molecule has 2 aliphatic rings. The quantitative estimate of drug-likeness (QED) is 0.725. The molecule has 1 saturated carbocycles. The first kappa shape index (κ1) is 10.5. The molecule has 0 amide bonds. The van der Waals surface area contributed by atoms with Crippen molar-refractivity contribution in [2.45, 2.75) is 71.4 Å². The van der Waals surface area contributed by atoms with E-state index in [1.807, 2.05) is 0 Å². The standard InChI is InChI=1S/C13H25N/c1-4-8-13(3,5-2)12-10-6-7-11(9-10)14-12/h10-12,14H,4-9H2,1-3H3. The number of nitrogens with one attached hydrogen (secondary N) is 1. The Labute approximate surface area is 88.7 Å². The third-order valence-electron chi connectivity index (χ3n) is 4.74. The molecule has 0 radical (unpaired) electrons. The van der Waals surface area contributed by atoms with Crippen molar-refractivity contribution >= 4 is 0 Å². The zero-order valence-corrected chi connectivity index (χ0v) is 9.97. The third-order valence-corrected chi connectivity index (χ3v) is 4.74. The van der Waals surface area contributed by atoms with Gasteiger partial charge in [0.05, 0.1) is 0 Å². The lowest BCUT2D eigenvalue weighted by molar-refractivity contribution is 0.147. The van der Waals surface area contributed by atoms with E-state index in [4.69, 9.17) is 0 Å². The fourth-order valence-electron chi connectivity index (χ4n) is 3.75. The minimum absolute atomic E-state index is 0.564. The van der Waals surface area contributed by atoms with Crippen LogP contribution in [-0.4, -0.2) is 12.1 Å². The summed E-state index contributed by atoms with van der Waals surface area (Å²) < 4.78 is 0. The first-order valence-corrected chi connectivity index (χ1v) is 6.45. The van der Waals surface area contributed by atoms with E-state index in [-0.39, 0.29) is 0 Å². The highest BCUT2D eigenvalue weighted by molar-refractivity contribution is 5.03. The highest BCUT2D eigenvalue weighted by Gasteiger charge is 2.46. The van der Waals surface area contributed by atoms with Crippen molar-refractivity contribution in [1.82, 2.24) is 5.32 Å². The topological polar surface area (TPSA) is 12.0 Å². The number of fused-ring (bicyclic) bond motifs is 2. The highest BCUT2D eigenvalue weighted by atomic mass is 15.0. The molecule has 1 heterocycles. The summed E-state index contributed by atoms with van der Waals surface area (Å²) >= 11 is 0. The molecule has 2 fully saturated rings. The summed E-state index contributed by atoms with van der Waals surface area (Å²) in [6.45, 7) is 7.18. The predicted octanol–water partition coefficient (Wildman–Crippen LogP) is 3.34. The van der Waals surface area contributed by atoms with E-state index in [1.54, 1.807) is 0 Å². The molecule has 1 aliphatic heterocycles. The van der Waals surface area contributed by atoms with Gasteiger partial charge in [-0.05, 0) is 43.4 Å². The van der Waals surface area contributed by atoms with E-state index in [1.165, 1.54) is 38.5 Å². The average Bonchev–Trinajstić information content (AvgIpc) is 2.79. The van der Waals surface area contributed by atoms with Crippen molar-refractivity contribution in [2.24, 2.45) is 11.3 Å². The SMILES string of the molecule is CCCC(C)(CC)C1NC2CCC1C2.